The van der Waals surface area contributed by atoms with E-state index in [1.807, 2.05) is 25.1 Å². The molecule has 0 spiro atoms. The van der Waals surface area contributed by atoms with Crippen LogP contribution in [0.15, 0.2) is 36.0 Å². The summed E-state index contributed by atoms with van der Waals surface area (Å²) >= 11 is 5.29. The Balaban J connectivity index is 1.96. The molecule has 0 amide bonds. The molecular weight excluding hydrogens is 324 g/mol. The molecule has 1 N–H and O–H groups in total. The maximum absolute atomic E-state index is 12.2. The molecule has 0 aromatic carbocycles. The predicted molar refractivity (Wildman–Crippen MR) is 99.9 cm³/mol. The summed E-state index contributed by atoms with van der Waals surface area (Å²) in [4.78, 5) is 19.0. The fourth-order valence-corrected chi connectivity index (χ4v) is 2.51. The highest BCUT2D eigenvalue weighted by Gasteiger charge is 2.17. The van der Waals surface area contributed by atoms with Gasteiger partial charge in [0.2, 0.25) is 0 Å². The van der Waals surface area contributed by atoms with Crippen molar-refractivity contribution in [1.29, 1.82) is 0 Å². The first-order valence-electron chi connectivity index (χ1n) is 7.95. The third kappa shape index (κ3) is 5.36. The van der Waals surface area contributed by atoms with Gasteiger partial charge >= 0.3 is 0 Å². The molecule has 1 aromatic heterocycles. The van der Waals surface area contributed by atoms with Gasteiger partial charge in [-0.15, -0.1) is 0 Å². The molecule has 2 heterocycles. The van der Waals surface area contributed by atoms with Crippen molar-refractivity contribution >= 4 is 22.8 Å². The first-order chi connectivity index (χ1) is 11.5. The molecule has 1 saturated heterocycles. The fourth-order valence-electron chi connectivity index (χ4n) is 2.34. The van der Waals surface area contributed by atoms with E-state index in [0.29, 0.717) is 22.8 Å². The summed E-state index contributed by atoms with van der Waals surface area (Å²) in [6.07, 6.45) is 7.38. The van der Waals surface area contributed by atoms with Crippen LogP contribution < -0.4 is 10.9 Å². The summed E-state index contributed by atoms with van der Waals surface area (Å²) in [5, 5.41) is 2.98. The van der Waals surface area contributed by atoms with E-state index in [2.05, 4.69) is 16.9 Å². The van der Waals surface area contributed by atoms with Crippen LogP contribution in [0, 0.1) is 0 Å². The Hall–Kier alpha value is -1.83. The highest BCUT2D eigenvalue weighted by atomic mass is 32.1. The molecule has 1 aliphatic rings. The summed E-state index contributed by atoms with van der Waals surface area (Å²) in [6, 6.07) is 1.47. The van der Waals surface area contributed by atoms with Gasteiger partial charge in [-0.2, -0.15) is 0 Å². The topological polar surface area (TPSA) is 59.4 Å². The maximum Gasteiger partial charge on any atom is 0.253 e. The van der Waals surface area contributed by atoms with E-state index in [-0.39, 0.29) is 11.7 Å². The number of aromatic nitrogens is 2. The van der Waals surface area contributed by atoms with E-state index < -0.39 is 0 Å². The number of nitrogens with zero attached hydrogens (tertiary/aromatic N) is 3. The molecule has 7 heteroatoms. The van der Waals surface area contributed by atoms with Crippen molar-refractivity contribution in [3.63, 3.8) is 0 Å². The van der Waals surface area contributed by atoms with Gasteiger partial charge in [-0.05, 0) is 33.1 Å². The number of hydrogen-bond acceptors (Lipinski definition) is 5. The number of ether oxygens (including phenoxy) is 1. The van der Waals surface area contributed by atoms with Crippen LogP contribution >= 0.6 is 12.2 Å². The summed E-state index contributed by atoms with van der Waals surface area (Å²) in [6.45, 7) is 6.04. The van der Waals surface area contributed by atoms with Crippen LogP contribution in [0.3, 0.4) is 0 Å². The minimum Gasteiger partial charge on any atom is -0.376 e. The van der Waals surface area contributed by atoms with Gasteiger partial charge in [0.25, 0.3) is 5.56 Å². The molecule has 0 bridgehead atoms. The van der Waals surface area contributed by atoms with E-state index in [0.717, 1.165) is 26.0 Å². The average Bonchev–Trinajstić information content (AvgIpc) is 3.05. The number of nitrogens with one attached hydrogen (secondary N) is 1. The van der Waals surface area contributed by atoms with Gasteiger partial charge in [-0.25, -0.2) is 4.98 Å². The maximum atomic E-state index is 12.2. The highest BCUT2D eigenvalue weighted by molar-refractivity contribution is 7.81. The van der Waals surface area contributed by atoms with Crippen LogP contribution in [-0.2, 0) is 11.3 Å². The standard InChI is InChI=1S/C17H24N4O2S/c1-13(17(24)18-7-5-8-20(2)3)15-10-16(22)21(12-19-15)11-14-6-4-9-23-14/h5,7,10,12,14H,1,4,6,8-9,11H2,2-3H3,(H,18,24)/b7-5-. The lowest BCUT2D eigenvalue weighted by Gasteiger charge is -2.12. The van der Waals surface area contributed by atoms with Crippen molar-refractivity contribution < 1.29 is 4.74 Å². The van der Waals surface area contributed by atoms with Crippen LogP contribution in [-0.4, -0.2) is 52.8 Å². The van der Waals surface area contributed by atoms with E-state index in [1.54, 1.807) is 10.8 Å². The Morgan fingerprint density at radius 2 is 2.42 bits per heavy atom. The molecule has 130 valence electrons. The van der Waals surface area contributed by atoms with Gasteiger partial charge in [0.05, 0.1) is 24.7 Å². The number of rotatable bonds is 7. The summed E-state index contributed by atoms with van der Waals surface area (Å²) in [5.74, 6) is 0. The highest BCUT2D eigenvalue weighted by Crippen LogP contribution is 2.13. The molecule has 0 radical (unpaired) electrons. The van der Waals surface area contributed by atoms with Crippen LogP contribution in [0.2, 0.25) is 0 Å². The fraction of sp³-hybridized carbons (Fsp3) is 0.471. The van der Waals surface area contributed by atoms with Gasteiger partial charge in [0.1, 0.15) is 4.99 Å². The van der Waals surface area contributed by atoms with Crippen molar-refractivity contribution in [1.82, 2.24) is 19.8 Å². The summed E-state index contributed by atoms with van der Waals surface area (Å²) in [5.41, 5.74) is 0.894. The molecule has 1 fully saturated rings. The zero-order valence-corrected chi connectivity index (χ0v) is 15.0. The zero-order chi connectivity index (χ0) is 17.5. The Morgan fingerprint density at radius 3 is 3.04 bits per heavy atom. The lowest BCUT2D eigenvalue weighted by atomic mass is 10.2. The molecule has 1 atom stereocenters. The van der Waals surface area contributed by atoms with Crippen molar-refractivity contribution in [3.05, 3.63) is 47.3 Å². The second kappa shape index (κ2) is 8.86. The largest absolute Gasteiger partial charge is 0.376 e. The van der Waals surface area contributed by atoms with Crippen molar-refractivity contribution in [2.75, 3.05) is 27.2 Å². The van der Waals surface area contributed by atoms with Crippen LogP contribution in [0.4, 0.5) is 0 Å². The van der Waals surface area contributed by atoms with Crippen molar-refractivity contribution in [2.45, 2.75) is 25.5 Å². The lowest BCUT2D eigenvalue weighted by Crippen LogP contribution is -2.27. The SMILES string of the molecule is C=C(C(=S)N/C=C\CN(C)C)c1cc(=O)n(CC2CCCO2)cn1. The second-order valence-electron chi connectivity index (χ2n) is 6.02. The smallest absolute Gasteiger partial charge is 0.253 e. The van der Waals surface area contributed by atoms with Gasteiger partial charge < -0.3 is 15.0 Å². The summed E-state index contributed by atoms with van der Waals surface area (Å²) < 4.78 is 7.12. The van der Waals surface area contributed by atoms with Crippen LogP contribution in [0.1, 0.15) is 18.5 Å². The molecular formula is C17H24N4O2S. The lowest BCUT2D eigenvalue weighted by molar-refractivity contribution is 0.0959. The van der Waals surface area contributed by atoms with Crippen LogP contribution in [0.5, 0.6) is 0 Å². The molecule has 1 aromatic rings. The van der Waals surface area contributed by atoms with Gasteiger partial charge in [0.15, 0.2) is 0 Å². The van der Waals surface area contributed by atoms with Crippen molar-refractivity contribution in [2.24, 2.45) is 0 Å². The average molecular weight is 348 g/mol. The Morgan fingerprint density at radius 1 is 1.62 bits per heavy atom. The summed E-state index contributed by atoms with van der Waals surface area (Å²) in [7, 11) is 3.97. The van der Waals surface area contributed by atoms with Crippen LogP contribution in [0.25, 0.3) is 5.57 Å². The molecule has 6 nitrogen and oxygen atoms in total. The number of likely N-dealkylation sites (N-methyl/N-ethyl adjacent to an activating group) is 1. The molecule has 0 saturated carbocycles. The quantitative estimate of drug-likeness (QED) is 0.594. The minimum atomic E-state index is -0.123. The van der Waals surface area contributed by atoms with Gasteiger partial charge in [-0.3, -0.25) is 9.36 Å². The first-order valence-corrected chi connectivity index (χ1v) is 8.36. The number of thiocarbonyl (C=S) groups is 1. The molecule has 24 heavy (non-hydrogen) atoms. The van der Waals surface area contributed by atoms with E-state index >= 15 is 0 Å². The molecule has 2 rings (SSSR count). The first kappa shape index (κ1) is 18.5. The third-order valence-electron chi connectivity index (χ3n) is 3.69. The predicted octanol–water partition coefficient (Wildman–Crippen LogP) is 1.43. The van der Waals surface area contributed by atoms with E-state index in [4.69, 9.17) is 17.0 Å². The van der Waals surface area contributed by atoms with Crippen molar-refractivity contribution in [3.8, 4) is 0 Å². The second-order valence-corrected chi connectivity index (χ2v) is 6.42. The molecule has 0 aliphatic carbocycles. The van der Waals surface area contributed by atoms with Gasteiger partial charge in [0, 0.05) is 24.8 Å². The van der Waals surface area contributed by atoms with E-state index in [9.17, 15) is 4.79 Å². The van der Waals surface area contributed by atoms with Gasteiger partial charge in [-0.1, -0.05) is 24.9 Å². The normalized spacial score (nSPS) is 17.5. The number of hydrogen-bond donors (Lipinski definition) is 1. The zero-order valence-electron chi connectivity index (χ0n) is 14.2. The molecule has 1 aliphatic heterocycles. The van der Waals surface area contributed by atoms with E-state index in [1.165, 1.54) is 12.4 Å². The monoisotopic (exact) mass is 348 g/mol. The third-order valence-corrected chi connectivity index (χ3v) is 4.05. The Bertz CT molecular complexity index is 675. The Kier molecular flexibility index (Phi) is 6.84. The molecule has 1 unspecified atom stereocenters. The minimum absolute atomic E-state index is 0.100. The Labute approximate surface area is 147 Å².